The molecule has 0 aliphatic rings. The zero-order valence-corrected chi connectivity index (χ0v) is 15.3. The van der Waals surface area contributed by atoms with Crippen LogP contribution >= 0.6 is 0 Å². The summed E-state index contributed by atoms with van der Waals surface area (Å²) in [6.07, 6.45) is 0.329. The number of nitro groups is 1. The molecule has 2 aromatic carbocycles. The van der Waals surface area contributed by atoms with Crippen molar-refractivity contribution in [1.29, 1.82) is 0 Å². The zero-order valence-electron chi connectivity index (χ0n) is 15.3. The minimum absolute atomic E-state index is 0.0326. The summed E-state index contributed by atoms with van der Waals surface area (Å²) in [7, 11) is 1.27. The van der Waals surface area contributed by atoms with Crippen LogP contribution in [0.25, 0.3) is 11.1 Å². The third-order valence-corrected chi connectivity index (χ3v) is 4.13. The summed E-state index contributed by atoms with van der Waals surface area (Å²) in [6.45, 7) is 0.181. The van der Waals surface area contributed by atoms with Crippen molar-refractivity contribution in [2.45, 2.75) is 19.4 Å². The first kappa shape index (κ1) is 19.8. The molecule has 0 N–H and O–H groups in total. The van der Waals surface area contributed by atoms with E-state index in [-0.39, 0.29) is 30.0 Å². The van der Waals surface area contributed by atoms with Crippen molar-refractivity contribution in [2.24, 2.45) is 0 Å². The largest absolute Gasteiger partial charge is 0.465 e. The molecule has 1 heterocycles. The molecule has 0 saturated heterocycles. The summed E-state index contributed by atoms with van der Waals surface area (Å²) in [6, 6.07) is 9.80. The topological polar surface area (TPSA) is 131 Å². The molecule has 0 fully saturated rings. The molecule has 0 amide bonds. The van der Waals surface area contributed by atoms with Crippen LogP contribution in [0.5, 0.6) is 5.75 Å². The smallest absolute Gasteiger partial charge is 0.419 e. The van der Waals surface area contributed by atoms with Gasteiger partial charge in [0, 0.05) is 19.0 Å². The molecule has 3 aromatic rings. The second-order valence-corrected chi connectivity index (χ2v) is 6.02. The van der Waals surface area contributed by atoms with Crippen LogP contribution in [0.15, 0.2) is 51.7 Å². The number of hydrogen-bond acceptors (Lipinski definition) is 8. The van der Waals surface area contributed by atoms with Crippen molar-refractivity contribution < 1.29 is 28.4 Å². The predicted molar refractivity (Wildman–Crippen MR) is 99.8 cm³/mol. The van der Waals surface area contributed by atoms with Crippen LogP contribution in [0.1, 0.15) is 23.2 Å². The molecule has 3 rings (SSSR count). The molecule has 10 nitrogen and oxygen atoms in total. The molecule has 0 unspecified atom stereocenters. The van der Waals surface area contributed by atoms with E-state index in [1.54, 1.807) is 0 Å². The van der Waals surface area contributed by atoms with Gasteiger partial charge in [-0.15, -0.1) is 0 Å². The normalized spacial score (nSPS) is 10.7. The fourth-order valence-electron chi connectivity index (χ4n) is 2.72. The highest BCUT2D eigenvalue weighted by molar-refractivity contribution is 5.89. The van der Waals surface area contributed by atoms with Crippen LogP contribution in [-0.2, 0) is 16.1 Å². The Balaban J connectivity index is 1.59. The SMILES string of the molecule is COC(=O)c1ccc(OC(=O)CCCn2c(=O)oc3cc([N+](=O)[O-])ccc32)cc1. The quantitative estimate of drug-likeness (QED) is 0.256. The maximum absolute atomic E-state index is 12.0. The molecule has 0 aliphatic carbocycles. The number of non-ortho nitro benzene ring substituents is 1. The van der Waals surface area contributed by atoms with E-state index in [0.29, 0.717) is 17.5 Å². The first-order chi connectivity index (χ1) is 13.9. The number of oxazole rings is 1. The number of carbonyl (C=O) groups is 2. The highest BCUT2D eigenvalue weighted by Gasteiger charge is 2.15. The van der Waals surface area contributed by atoms with E-state index in [2.05, 4.69) is 4.74 Å². The number of ether oxygens (including phenoxy) is 2. The molecule has 0 bridgehead atoms. The number of esters is 2. The van der Waals surface area contributed by atoms with Crippen molar-refractivity contribution in [1.82, 2.24) is 4.57 Å². The summed E-state index contributed by atoms with van der Waals surface area (Å²) in [4.78, 5) is 45.6. The number of benzene rings is 2. The Morgan fingerprint density at radius 1 is 1.17 bits per heavy atom. The Morgan fingerprint density at radius 3 is 2.55 bits per heavy atom. The molecule has 0 aliphatic heterocycles. The number of aryl methyl sites for hydroxylation is 1. The molecule has 1 aromatic heterocycles. The van der Waals surface area contributed by atoms with Gasteiger partial charge in [-0.2, -0.15) is 0 Å². The van der Waals surface area contributed by atoms with E-state index in [4.69, 9.17) is 9.15 Å². The first-order valence-corrected chi connectivity index (χ1v) is 8.56. The number of carbonyl (C=O) groups excluding carboxylic acids is 2. The summed E-state index contributed by atoms with van der Waals surface area (Å²) in [5.74, 6) is -1.38. The molecule has 0 saturated carbocycles. The van der Waals surface area contributed by atoms with Gasteiger partial charge in [0.2, 0.25) is 0 Å². The van der Waals surface area contributed by atoms with Crippen LogP contribution in [0.2, 0.25) is 0 Å². The van der Waals surface area contributed by atoms with Crippen molar-refractivity contribution in [2.75, 3.05) is 7.11 Å². The Hall–Kier alpha value is -3.95. The van der Waals surface area contributed by atoms with Gasteiger partial charge >= 0.3 is 17.7 Å². The summed E-state index contributed by atoms with van der Waals surface area (Å²) in [5, 5.41) is 10.8. The molecule has 29 heavy (non-hydrogen) atoms. The lowest BCUT2D eigenvalue weighted by atomic mass is 10.2. The van der Waals surface area contributed by atoms with E-state index >= 15 is 0 Å². The first-order valence-electron chi connectivity index (χ1n) is 8.56. The van der Waals surface area contributed by atoms with Gasteiger partial charge in [0.25, 0.3) is 5.69 Å². The predicted octanol–water partition coefficient (Wildman–Crippen LogP) is 2.68. The maximum Gasteiger partial charge on any atom is 0.419 e. The van der Waals surface area contributed by atoms with Crippen molar-refractivity contribution >= 4 is 28.7 Å². The average Bonchev–Trinajstić information content (AvgIpc) is 3.02. The zero-order chi connectivity index (χ0) is 21.0. The number of nitrogens with zero attached hydrogens (tertiary/aromatic N) is 2. The Bertz CT molecular complexity index is 1130. The number of rotatable bonds is 7. The van der Waals surface area contributed by atoms with Gasteiger partial charge < -0.3 is 13.9 Å². The standard InChI is InChI=1S/C19H16N2O8/c1-27-18(23)12-4-7-14(8-5-12)28-17(22)3-2-10-20-15-9-6-13(21(25)26)11-16(15)29-19(20)24/h4-9,11H,2-3,10H2,1H3. The minimum Gasteiger partial charge on any atom is -0.465 e. The number of hydrogen-bond donors (Lipinski definition) is 0. The highest BCUT2D eigenvalue weighted by Crippen LogP contribution is 2.20. The molecular weight excluding hydrogens is 384 g/mol. The van der Waals surface area contributed by atoms with Gasteiger partial charge in [0.15, 0.2) is 5.58 Å². The van der Waals surface area contributed by atoms with E-state index < -0.39 is 22.6 Å². The van der Waals surface area contributed by atoms with Crippen LogP contribution in [0, 0.1) is 10.1 Å². The highest BCUT2D eigenvalue weighted by atomic mass is 16.6. The lowest BCUT2D eigenvalue weighted by Gasteiger charge is -2.06. The average molecular weight is 400 g/mol. The number of methoxy groups -OCH3 is 1. The van der Waals surface area contributed by atoms with Gasteiger partial charge in [-0.1, -0.05) is 0 Å². The molecule has 10 heteroatoms. The molecule has 0 radical (unpaired) electrons. The Labute approximate surface area is 163 Å². The lowest BCUT2D eigenvalue weighted by Crippen LogP contribution is -2.16. The van der Waals surface area contributed by atoms with Crippen molar-refractivity contribution in [3.63, 3.8) is 0 Å². The molecule has 150 valence electrons. The van der Waals surface area contributed by atoms with Crippen LogP contribution in [0.3, 0.4) is 0 Å². The monoisotopic (exact) mass is 400 g/mol. The van der Waals surface area contributed by atoms with Gasteiger partial charge in [-0.05, 0) is 36.8 Å². The number of nitro benzene ring substituents is 1. The summed E-state index contributed by atoms with van der Waals surface area (Å²) < 4.78 is 16.1. The fraction of sp³-hybridized carbons (Fsp3) is 0.211. The second kappa shape index (κ2) is 8.38. The van der Waals surface area contributed by atoms with Crippen molar-refractivity contribution in [3.05, 3.63) is 68.7 Å². The van der Waals surface area contributed by atoms with E-state index in [1.807, 2.05) is 0 Å². The summed E-state index contributed by atoms with van der Waals surface area (Å²) in [5.41, 5.74) is 0.670. The molecule has 0 atom stereocenters. The van der Waals surface area contributed by atoms with Crippen LogP contribution < -0.4 is 10.5 Å². The minimum atomic E-state index is -0.660. The Kier molecular flexibility index (Phi) is 5.72. The van der Waals surface area contributed by atoms with E-state index in [9.17, 15) is 24.5 Å². The second-order valence-electron chi connectivity index (χ2n) is 6.02. The van der Waals surface area contributed by atoms with Crippen LogP contribution in [0.4, 0.5) is 5.69 Å². The van der Waals surface area contributed by atoms with Gasteiger partial charge in [0.1, 0.15) is 5.75 Å². The fourth-order valence-corrected chi connectivity index (χ4v) is 2.72. The lowest BCUT2D eigenvalue weighted by molar-refractivity contribution is -0.384. The number of aromatic nitrogens is 1. The van der Waals surface area contributed by atoms with E-state index in [1.165, 1.54) is 54.1 Å². The number of fused-ring (bicyclic) bond motifs is 1. The van der Waals surface area contributed by atoms with Crippen molar-refractivity contribution in [3.8, 4) is 5.75 Å². The summed E-state index contributed by atoms with van der Waals surface area (Å²) >= 11 is 0. The van der Waals surface area contributed by atoms with Crippen LogP contribution in [-0.4, -0.2) is 28.5 Å². The Morgan fingerprint density at radius 2 is 1.90 bits per heavy atom. The molecular formula is C19H16N2O8. The van der Waals surface area contributed by atoms with Gasteiger partial charge in [0.05, 0.1) is 29.2 Å². The van der Waals surface area contributed by atoms with Gasteiger partial charge in [-0.3, -0.25) is 19.5 Å². The van der Waals surface area contributed by atoms with E-state index in [0.717, 1.165) is 0 Å². The maximum atomic E-state index is 12.0. The molecule has 0 spiro atoms. The third kappa shape index (κ3) is 4.49. The third-order valence-electron chi connectivity index (χ3n) is 4.13. The van der Waals surface area contributed by atoms with Gasteiger partial charge in [-0.25, -0.2) is 9.59 Å².